The van der Waals surface area contributed by atoms with E-state index in [2.05, 4.69) is 10.0 Å². The zero-order valence-electron chi connectivity index (χ0n) is 7.34. The lowest BCUT2D eigenvalue weighted by Gasteiger charge is -2.10. The van der Waals surface area contributed by atoms with Gasteiger partial charge in [0, 0.05) is 12.6 Å². The normalized spacial score (nSPS) is 24.6. The third-order valence-electron chi connectivity index (χ3n) is 1.88. The summed E-state index contributed by atoms with van der Waals surface area (Å²) in [5, 5.41) is 3.11. The van der Waals surface area contributed by atoms with E-state index in [1.165, 1.54) is 0 Å². The summed E-state index contributed by atoms with van der Waals surface area (Å²) in [7, 11) is -3.01. The third kappa shape index (κ3) is 3.08. The van der Waals surface area contributed by atoms with E-state index in [0.29, 0.717) is 6.42 Å². The maximum Gasteiger partial charge on any atom is 0.211 e. The van der Waals surface area contributed by atoms with Crippen LogP contribution in [0.1, 0.15) is 19.8 Å². The van der Waals surface area contributed by atoms with Crippen molar-refractivity contribution in [3.05, 3.63) is 0 Å². The van der Waals surface area contributed by atoms with Gasteiger partial charge in [0.25, 0.3) is 0 Å². The molecule has 0 aromatic rings. The van der Waals surface area contributed by atoms with Gasteiger partial charge in [-0.2, -0.15) is 0 Å². The summed E-state index contributed by atoms with van der Waals surface area (Å²) in [6, 6.07) is 0.113. The molecule has 12 heavy (non-hydrogen) atoms. The van der Waals surface area contributed by atoms with Crippen molar-refractivity contribution in [1.82, 2.24) is 10.0 Å². The molecule has 0 aromatic heterocycles. The van der Waals surface area contributed by atoms with Crippen molar-refractivity contribution in [3.8, 4) is 0 Å². The predicted octanol–water partition coefficient (Wildman–Crippen LogP) is -0.322. The molecule has 0 saturated carbocycles. The highest BCUT2D eigenvalue weighted by atomic mass is 32.2. The first-order chi connectivity index (χ1) is 5.64. The first kappa shape index (κ1) is 9.95. The van der Waals surface area contributed by atoms with Crippen LogP contribution in [0.3, 0.4) is 0 Å². The fourth-order valence-electron chi connectivity index (χ4n) is 1.34. The van der Waals surface area contributed by atoms with Crippen molar-refractivity contribution in [2.75, 3.05) is 18.8 Å². The molecule has 1 rings (SSSR count). The summed E-state index contributed by atoms with van der Waals surface area (Å²) >= 11 is 0. The standard InChI is InChI=1S/C7H16N2O2S/c1-2-5-12(10,11)9-7-3-4-8-6-7/h7-9H,2-6H2,1H3/t7-/m1/s1. The monoisotopic (exact) mass is 192 g/mol. The SMILES string of the molecule is CCCS(=O)(=O)N[C@@H]1CCNC1. The van der Waals surface area contributed by atoms with E-state index in [9.17, 15) is 8.42 Å². The average molecular weight is 192 g/mol. The van der Waals surface area contributed by atoms with Gasteiger partial charge in [-0.3, -0.25) is 0 Å². The molecule has 1 aliphatic heterocycles. The van der Waals surface area contributed by atoms with E-state index in [1.54, 1.807) is 0 Å². The molecule has 5 heteroatoms. The number of nitrogens with one attached hydrogen (secondary N) is 2. The Morgan fingerprint density at radius 1 is 1.58 bits per heavy atom. The van der Waals surface area contributed by atoms with Crippen LogP contribution in [-0.4, -0.2) is 33.3 Å². The molecule has 0 aromatic carbocycles. The fraction of sp³-hybridized carbons (Fsp3) is 1.00. The molecule has 1 heterocycles. The summed E-state index contributed by atoms with van der Waals surface area (Å²) in [4.78, 5) is 0. The minimum absolute atomic E-state index is 0.113. The van der Waals surface area contributed by atoms with Crippen molar-refractivity contribution in [2.45, 2.75) is 25.8 Å². The van der Waals surface area contributed by atoms with Crippen molar-refractivity contribution in [1.29, 1.82) is 0 Å². The molecular weight excluding hydrogens is 176 g/mol. The van der Waals surface area contributed by atoms with Crippen LogP contribution < -0.4 is 10.0 Å². The highest BCUT2D eigenvalue weighted by Crippen LogP contribution is 2.00. The van der Waals surface area contributed by atoms with Crippen molar-refractivity contribution in [3.63, 3.8) is 0 Å². The zero-order valence-corrected chi connectivity index (χ0v) is 8.15. The second-order valence-electron chi connectivity index (χ2n) is 3.13. The van der Waals surface area contributed by atoms with E-state index >= 15 is 0 Å². The summed E-state index contributed by atoms with van der Waals surface area (Å²) in [5.41, 5.74) is 0. The molecule has 4 nitrogen and oxygen atoms in total. The lowest BCUT2D eigenvalue weighted by Crippen LogP contribution is -2.37. The van der Waals surface area contributed by atoms with Gasteiger partial charge in [0.1, 0.15) is 0 Å². The van der Waals surface area contributed by atoms with Crippen LogP contribution in [0.25, 0.3) is 0 Å². The molecule has 0 bridgehead atoms. The van der Waals surface area contributed by atoms with Gasteiger partial charge in [0.2, 0.25) is 10.0 Å². The van der Waals surface area contributed by atoms with Crippen LogP contribution in [0.2, 0.25) is 0 Å². The molecule has 1 fully saturated rings. The smallest absolute Gasteiger partial charge is 0.211 e. The second-order valence-corrected chi connectivity index (χ2v) is 5.00. The van der Waals surface area contributed by atoms with Gasteiger partial charge >= 0.3 is 0 Å². The Labute approximate surface area is 73.8 Å². The van der Waals surface area contributed by atoms with Gasteiger partial charge < -0.3 is 5.32 Å². The summed E-state index contributed by atoms with van der Waals surface area (Å²) in [6.07, 6.45) is 1.58. The minimum Gasteiger partial charge on any atom is -0.315 e. The molecule has 0 radical (unpaired) electrons. The first-order valence-electron chi connectivity index (χ1n) is 4.35. The van der Waals surface area contributed by atoms with Crippen molar-refractivity contribution in [2.24, 2.45) is 0 Å². The summed E-state index contributed by atoms with van der Waals surface area (Å²) in [6.45, 7) is 3.55. The van der Waals surface area contributed by atoms with Crippen LogP contribution in [-0.2, 0) is 10.0 Å². The van der Waals surface area contributed by atoms with Crippen molar-refractivity contribution >= 4 is 10.0 Å². The van der Waals surface area contributed by atoms with Gasteiger partial charge in [0.05, 0.1) is 5.75 Å². The maximum atomic E-state index is 11.2. The Balaban J connectivity index is 2.38. The molecule has 1 atom stereocenters. The highest BCUT2D eigenvalue weighted by Gasteiger charge is 2.19. The quantitative estimate of drug-likeness (QED) is 0.641. The molecule has 0 spiro atoms. The van der Waals surface area contributed by atoms with Crippen molar-refractivity contribution < 1.29 is 8.42 Å². The first-order valence-corrected chi connectivity index (χ1v) is 6.00. The number of hydrogen-bond acceptors (Lipinski definition) is 3. The van der Waals surface area contributed by atoms with Gasteiger partial charge in [0.15, 0.2) is 0 Å². The Kier molecular flexibility index (Phi) is 3.49. The Morgan fingerprint density at radius 3 is 2.83 bits per heavy atom. The van der Waals surface area contributed by atoms with Gasteiger partial charge in [-0.05, 0) is 19.4 Å². The minimum atomic E-state index is -3.01. The van der Waals surface area contributed by atoms with Crippen LogP contribution in [0.4, 0.5) is 0 Å². The van der Waals surface area contributed by atoms with Gasteiger partial charge in [-0.25, -0.2) is 13.1 Å². The lowest BCUT2D eigenvalue weighted by molar-refractivity contribution is 0.559. The topological polar surface area (TPSA) is 58.2 Å². The van der Waals surface area contributed by atoms with Crippen LogP contribution in [0.15, 0.2) is 0 Å². The third-order valence-corrected chi connectivity index (χ3v) is 3.52. The fourth-order valence-corrected chi connectivity index (χ4v) is 2.70. The lowest BCUT2D eigenvalue weighted by atomic mass is 10.3. The van der Waals surface area contributed by atoms with Gasteiger partial charge in [-0.15, -0.1) is 0 Å². The second kappa shape index (κ2) is 4.20. The molecule has 1 saturated heterocycles. The molecular formula is C7H16N2O2S. The zero-order chi connectivity index (χ0) is 9.03. The molecule has 1 aliphatic rings. The van der Waals surface area contributed by atoms with Crippen LogP contribution in [0, 0.1) is 0 Å². The number of sulfonamides is 1. The Hall–Kier alpha value is -0.130. The number of rotatable bonds is 4. The molecule has 2 N–H and O–H groups in total. The highest BCUT2D eigenvalue weighted by molar-refractivity contribution is 7.89. The van der Waals surface area contributed by atoms with Crippen LogP contribution in [0.5, 0.6) is 0 Å². The molecule has 0 unspecified atom stereocenters. The van der Waals surface area contributed by atoms with E-state index < -0.39 is 10.0 Å². The summed E-state index contributed by atoms with van der Waals surface area (Å²) < 4.78 is 25.2. The Morgan fingerprint density at radius 2 is 2.33 bits per heavy atom. The van der Waals surface area contributed by atoms with E-state index in [-0.39, 0.29) is 11.8 Å². The largest absolute Gasteiger partial charge is 0.315 e. The average Bonchev–Trinajstić information content (AvgIpc) is 2.38. The number of hydrogen-bond donors (Lipinski definition) is 2. The molecule has 72 valence electrons. The predicted molar refractivity (Wildman–Crippen MR) is 48.5 cm³/mol. The summed E-state index contributed by atoms with van der Waals surface area (Å²) in [5.74, 6) is 0.240. The van der Waals surface area contributed by atoms with Crippen LogP contribution >= 0.6 is 0 Å². The van der Waals surface area contributed by atoms with E-state index in [1.807, 2.05) is 6.92 Å². The molecule has 0 aliphatic carbocycles. The van der Waals surface area contributed by atoms with Gasteiger partial charge in [-0.1, -0.05) is 6.92 Å². The van der Waals surface area contributed by atoms with E-state index in [0.717, 1.165) is 19.5 Å². The Bertz CT molecular complexity index is 220. The van der Waals surface area contributed by atoms with E-state index in [4.69, 9.17) is 0 Å². The maximum absolute atomic E-state index is 11.2. The molecule has 0 amide bonds.